The molecule has 0 unspecified atom stereocenters. The second kappa shape index (κ2) is 7.28. The van der Waals surface area contributed by atoms with Gasteiger partial charge < -0.3 is 9.64 Å². The maximum absolute atomic E-state index is 12.7. The van der Waals surface area contributed by atoms with Gasteiger partial charge in [-0.05, 0) is 45.9 Å². The molecule has 0 N–H and O–H groups in total. The van der Waals surface area contributed by atoms with Gasteiger partial charge in [-0.25, -0.2) is 0 Å². The normalized spacial score (nSPS) is 10.7. The van der Waals surface area contributed by atoms with E-state index in [0.717, 1.165) is 0 Å². The van der Waals surface area contributed by atoms with Crippen molar-refractivity contribution in [1.82, 2.24) is 4.90 Å². The summed E-state index contributed by atoms with van der Waals surface area (Å²) < 4.78 is 4.91. The summed E-state index contributed by atoms with van der Waals surface area (Å²) in [6.45, 7) is 7.31. The SMILES string of the molecule is CCOC(=O)CN(C(=O)c1ccc(C#N)c(Cl)c1)C(C)(C)C. The standard InChI is InChI=1S/C16H19ClN2O3/c1-5-22-14(20)10-19(16(2,3)4)15(21)11-6-7-12(9-18)13(17)8-11/h6-8H,5,10H2,1-4H3. The van der Waals surface area contributed by atoms with E-state index in [1.54, 1.807) is 6.92 Å². The molecule has 1 amide bonds. The van der Waals surface area contributed by atoms with Gasteiger partial charge in [0, 0.05) is 11.1 Å². The number of amides is 1. The highest BCUT2D eigenvalue weighted by atomic mass is 35.5. The molecule has 118 valence electrons. The Labute approximate surface area is 135 Å². The molecular weight excluding hydrogens is 304 g/mol. The highest BCUT2D eigenvalue weighted by molar-refractivity contribution is 6.32. The largest absolute Gasteiger partial charge is 0.465 e. The van der Waals surface area contributed by atoms with Crippen LogP contribution in [-0.2, 0) is 9.53 Å². The Hall–Kier alpha value is -2.06. The van der Waals surface area contributed by atoms with Crippen LogP contribution in [0.15, 0.2) is 18.2 Å². The average Bonchev–Trinajstić information content (AvgIpc) is 2.43. The third-order valence-electron chi connectivity index (χ3n) is 2.98. The zero-order valence-electron chi connectivity index (χ0n) is 13.1. The van der Waals surface area contributed by atoms with E-state index < -0.39 is 11.5 Å². The maximum atomic E-state index is 12.7. The monoisotopic (exact) mass is 322 g/mol. The minimum Gasteiger partial charge on any atom is -0.465 e. The van der Waals surface area contributed by atoms with Crippen LogP contribution in [0.25, 0.3) is 0 Å². The quantitative estimate of drug-likeness (QED) is 0.799. The summed E-state index contributed by atoms with van der Waals surface area (Å²) >= 11 is 5.96. The molecule has 6 heteroatoms. The number of esters is 1. The lowest BCUT2D eigenvalue weighted by atomic mass is 10.0. The lowest BCUT2D eigenvalue weighted by Crippen LogP contribution is -2.48. The van der Waals surface area contributed by atoms with Crippen molar-refractivity contribution in [2.45, 2.75) is 33.2 Å². The number of hydrogen-bond donors (Lipinski definition) is 0. The molecule has 0 aliphatic carbocycles. The van der Waals surface area contributed by atoms with Gasteiger partial charge in [0.25, 0.3) is 5.91 Å². The number of hydrogen-bond acceptors (Lipinski definition) is 4. The number of rotatable bonds is 4. The van der Waals surface area contributed by atoms with Gasteiger partial charge in [-0.15, -0.1) is 0 Å². The van der Waals surface area contributed by atoms with Crippen LogP contribution in [0.5, 0.6) is 0 Å². The Kier molecular flexibility index (Phi) is 5.95. The van der Waals surface area contributed by atoms with Crippen molar-refractivity contribution >= 4 is 23.5 Å². The lowest BCUT2D eigenvalue weighted by molar-refractivity contribution is -0.144. The van der Waals surface area contributed by atoms with Crippen LogP contribution in [0.4, 0.5) is 0 Å². The molecule has 0 saturated heterocycles. The molecule has 1 rings (SSSR count). The van der Waals surface area contributed by atoms with Crippen LogP contribution in [0, 0.1) is 11.3 Å². The van der Waals surface area contributed by atoms with Crippen molar-refractivity contribution in [2.24, 2.45) is 0 Å². The Bertz CT molecular complexity index is 615. The molecular formula is C16H19ClN2O3. The van der Waals surface area contributed by atoms with Crippen molar-refractivity contribution in [3.8, 4) is 6.07 Å². The number of nitriles is 1. The number of nitrogens with zero attached hydrogens (tertiary/aromatic N) is 2. The second-order valence-corrected chi connectivity index (χ2v) is 6.08. The topological polar surface area (TPSA) is 70.4 Å². The van der Waals surface area contributed by atoms with Crippen molar-refractivity contribution in [3.05, 3.63) is 34.3 Å². The van der Waals surface area contributed by atoms with E-state index in [2.05, 4.69) is 0 Å². The maximum Gasteiger partial charge on any atom is 0.325 e. The predicted molar refractivity (Wildman–Crippen MR) is 83.6 cm³/mol. The van der Waals surface area contributed by atoms with Crippen LogP contribution in [0.3, 0.4) is 0 Å². The molecule has 1 aromatic rings. The molecule has 0 aliphatic heterocycles. The number of benzene rings is 1. The molecule has 0 radical (unpaired) electrons. The fourth-order valence-corrected chi connectivity index (χ4v) is 2.07. The van der Waals surface area contributed by atoms with E-state index >= 15 is 0 Å². The first kappa shape index (κ1) is 18.0. The number of carbonyl (C=O) groups is 2. The Balaban J connectivity index is 3.10. The third kappa shape index (κ3) is 4.47. The van der Waals surface area contributed by atoms with Crippen LogP contribution < -0.4 is 0 Å². The van der Waals surface area contributed by atoms with Gasteiger partial charge >= 0.3 is 5.97 Å². The number of ether oxygens (including phenoxy) is 1. The predicted octanol–water partition coefficient (Wildman–Crippen LogP) is 3.02. The van der Waals surface area contributed by atoms with Gasteiger partial charge in [0.1, 0.15) is 12.6 Å². The molecule has 0 atom stereocenters. The number of carbonyl (C=O) groups excluding carboxylic acids is 2. The fourth-order valence-electron chi connectivity index (χ4n) is 1.84. The summed E-state index contributed by atoms with van der Waals surface area (Å²) in [5.41, 5.74) is 0.0543. The van der Waals surface area contributed by atoms with E-state index in [4.69, 9.17) is 21.6 Å². The fraction of sp³-hybridized carbons (Fsp3) is 0.438. The van der Waals surface area contributed by atoms with E-state index in [1.165, 1.54) is 23.1 Å². The van der Waals surface area contributed by atoms with Crippen LogP contribution in [0.1, 0.15) is 43.6 Å². The lowest BCUT2D eigenvalue weighted by Gasteiger charge is -2.35. The number of halogens is 1. The van der Waals surface area contributed by atoms with E-state index in [-0.39, 0.29) is 24.1 Å². The van der Waals surface area contributed by atoms with Crippen LogP contribution in [0.2, 0.25) is 5.02 Å². The van der Waals surface area contributed by atoms with Crippen LogP contribution >= 0.6 is 11.6 Å². The van der Waals surface area contributed by atoms with Crippen molar-refractivity contribution in [3.63, 3.8) is 0 Å². The molecule has 0 aromatic heterocycles. The van der Waals surface area contributed by atoms with E-state index in [9.17, 15) is 9.59 Å². The first-order valence-electron chi connectivity index (χ1n) is 6.88. The summed E-state index contributed by atoms with van der Waals surface area (Å²) in [5.74, 6) is -0.808. The molecule has 0 aliphatic rings. The van der Waals surface area contributed by atoms with Crippen LogP contribution in [-0.4, -0.2) is 35.5 Å². The molecule has 0 spiro atoms. The average molecular weight is 323 g/mol. The van der Waals surface area contributed by atoms with Crippen molar-refractivity contribution in [1.29, 1.82) is 5.26 Å². The molecule has 0 heterocycles. The molecule has 0 fully saturated rings. The zero-order chi connectivity index (χ0) is 16.9. The summed E-state index contributed by atoms with van der Waals surface area (Å²) in [6.07, 6.45) is 0. The minimum atomic E-state index is -0.565. The molecule has 5 nitrogen and oxygen atoms in total. The Morgan fingerprint density at radius 2 is 2.00 bits per heavy atom. The zero-order valence-corrected chi connectivity index (χ0v) is 13.9. The van der Waals surface area contributed by atoms with Gasteiger partial charge in [-0.3, -0.25) is 9.59 Å². The third-order valence-corrected chi connectivity index (χ3v) is 3.30. The first-order chi connectivity index (χ1) is 10.2. The minimum absolute atomic E-state index is 0.145. The van der Waals surface area contributed by atoms with Crippen molar-refractivity contribution in [2.75, 3.05) is 13.2 Å². The summed E-state index contributed by atoms with van der Waals surface area (Å²) in [5, 5.41) is 9.08. The molecule has 1 aromatic carbocycles. The molecule has 0 saturated carbocycles. The van der Waals surface area contributed by atoms with Crippen molar-refractivity contribution < 1.29 is 14.3 Å². The van der Waals surface area contributed by atoms with Gasteiger partial charge in [0.15, 0.2) is 0 Å². The highest BCUT2D eigenvalue weighted by Gasteiger charge is 2.30. The van der Waals surface area contributed by atoms with Gasteiger partial charge in [-0.1, -0.05) is 11.6 Å². The van der Waals surface area contributed by atoms with Gasteiger partial charge in [0.05, 0.1) is 17.2 Å². The summed E-state index contributed by atoms with van der Waals surface area (Å²) in [7, 11) is 0. The Morgan fingerprint density at radius 1 is 1.36 bits per heavy atom. The summed E-state index contributed by atoms with van der Waals surface area (Å²) in [4.78, 5) is 25.8. The Morgan fingerprint density at radius 3 is 2.45 bits per heavy atom. The molecule has 22 heavy (non-hydrogen) atoms. The first-order valence-corrected chi connectivity index (χ1v) is 7.25. The smallest absolute Gasteiger partial charge is 0.325 e. The summed E-state index contributed by atoms with van der Waals surface area (Å²) in [6, 6.07) is 6.39. The van der Waals surface area contributed by atoms with Gasteiger partial charge in [-0.2, -0.15) is 5.26 Å². The van der Waals surface area contributed by atoms with Gasteiger partial charge in [0.2, 0.25) is 0 Å². The highest BCUT2D eigenvalue weighted by Crippen LogP contribution is 2.21. The molecule has 0 bridgehead atoms. The van der Waals surface area contributed by atoms with E-state index in [0.29, 0.717) is 11.1 Å². The second-order valence-electron chi connectivity index (χ2n) is 5.67. The van der Waals surface area contributed by atoms with E-state index in [1.807, 2.05) is 26.8 Å².